The molecule has 0 radical (unpaired) electrons. The van der Waals surface area contributed by atoms with Gasteiger partial charge in [0.25, 0.3) is 0 Å². The first-order chi connectivity index (χ1) is 6.92. The Bertz CT molecular complexity index is 385. The Kier molecular flexibility index (Phi) is 3.57. The Balaban J connectivity index is 2.82. The molecule has 0 amide bonds. The van der Waals surface area contributed by atoms with E-state index in [2.05, 4.69) is 15.9 Å². The lowest BCUT2D eigenvalue weighted by Crippen LogP contribution is -2.24. The minimum Gasteiger partial charge on any atom is -0.477 e. The van der Waals surface area contributed by atoms with Crippen LogP contribution in [0.15, 0.2) is 34.8 Å². The van der Waals surface area contributed by atoms with E-state index >= 15 is 0 Å². The maximum atomic E-state index is 12.6. The molecule has 0 unspecified atom stereocenters. The zero-order valence-electron chi connectivity index (χ0n) is 7.45. The topological polar surface area (TPSA) is 37.3 Å². The molecule has 1 aromatic carbocycles. The Morgan fingerprint density at radius 3 is 2.33 bits per heavy atom. The van der Waals surface area contributed by atoms with Gasteiger partial charge in [-0.1, -0.05) is 34.1 Å². The van der Waals surface area contributed by atoms with Gasteiger partial charge in [-0.15, -0.1) is 0 Å². The van der Waals surface area contributed by atoms with Crippen LogP contribution in [0.4, 0.5) is 8.78 Å². The molecule has 1 rings (SSSR count). The van der Waals surface area contributed by atoms with Gasteiger partial charge in [0, 0.05) is 4.47 Å². The third-order valence-electron chi connectivity index (χ3n) is 1.64. The quantitative estimate of drug-likeness (QED) is 0.921. The van der Waals surface area contributed by atoms with E-state index in [1.54, 1.807) is 24.3 Å². The van der Waals surface area contributed by atoms with Crippen molar-refractivity contribution < 1.29 is 18.7 Å². The molecule has 1 N–H and O–H groups in total. The summed E-state index contributed by atoms with van der Waals surface area (Å²) in [5, 5.41) is 8.15. The Hall–Kier alpha value is -1.23. The average molecular weight is 277 g/mol. The van der Waals surface area contributed by atoms with E-state index in [4.69, 9.17) is 5.11 Å². The molecule has 0 fully saturated rings. The summed E-state index contributed by atoms with van der Waals surface area (Å²) in [6.07, 6.45) is 1.43. The summed E-state index contributed by atoms with van der Waals surface area (Å²) >= 11 is 3.19. The third kappa shape index (κ3) is 3.43. The lowest BCUT2D eigenvalue weighted by atomic mass is 10.2. The van der Waals surface area contributed by atoms with Gasteiger partial charge in [0.2, 0.25) is 0 Å². The molecule has 2 nitrogen and oxygen atoms in total. The van der Waals surface area contributed by atoms with Crippen molar-refractivity contribution in [1.82, 2.24) is 0 Å². The fraction of sp³-hybridized carbons (Fsp3) is 0.100. The lowest BCUT2D eigenvalue weighted by molar-refractivity contribution is -0.157. The number of carboxylic acid groups (broad SMARTS) is 1. The van der Waals surface area contributed by atoms with Crippen LogP contribution in [0.1, 0.15) is 5.56 Å². The van der Waals surface area contributed by atoms with Crippen LogP contribution in [0.3, 0.4) is 0 Å². The molecule has 15 heavy (non-hydrogen) atoms. The lowest BCUT2D eigenvalue weighted by Gasteiger charge is -2.03. The van der Waals surface area contributed by atoms with E-state index in [0.29, 0.717) is 11.6 Å². The molecule has 0 aliphatic carbocycles. The Morgan fingerprint density at radius 2 is 1.87 bits per heavy atom. The van der Waals surface area contributed by atoms with Crippen LogP contribution in [-0.2, 0) is 4.79 Å². The first-order valence-corrected chi connectivity index (χ1v) is 4.77. The van der Waals surface area contributed by atoms with Crippen molar-refractivity contribution in [2.45, 2.75) is 5.92 Å². The summed E-state index contributed by atoms with van der Waals surface area (Å²) in [5.74, 6) is -5.98. The number of halogens is 3. The predicted octanol–water partition coefficient (Wildman–Crippen LogP) is 3.18. The monoisotopic (exact) mass is 276 g/mol. The predicted molar refractivity (Wildman–Crippen MR) is 55.8 cm³/mol. The molecule has 1 aromatic rings. The summed E-state index contributed by atoms with van der Waals surface area (Å²) in [4.78, 5) is 10.1. The van der Waals surface area contributed by atoms with Crippen molar-refractivity contribution >= 4 is 28.0 Å². The van der Waals surface area contributed by atoms with Crippen LogP contribution in [0.25, 0.3) is 6.08 Å². The van der Waals surface area contributed by atoms with Crippen molar-refractivity contribution in [3.8, 4) is 0 Å². The van der Waals surface area contributed by atoms with Gasteiger partial charge in [-0.2, -0.15) is 8.78 Å². The van der Waals surface area contributed by atoms with Crippen molar-refractivity contribution in [1.29, 1.82) is 0 Å². The van der Waals surface area contributed by atoms with Gasteiger partial charge in [0.15, 0.2) is 0 Å². The smallest absolute Gasteiger partial charge is 0.378 e. The van der Waals surface area contributed by atoms with Crippen molar-refractivity contribution in [2.75, 3.05) is 0 Å². The molecule has 0 atom stereocenters. The van der Waals surface area contributed by atoms with Crippen LogP contribution < -0.4 is 0 Å². The molecule has 5 heteroatoms. The number of benzene rings is 1. The van der Waals surface area contributed by atoms with Crippen molar-refractivity contribution in [2.24, 2.45) is 0 Å². The van der Waals surface area contributed by atoms with Gasteiger partial charge in [-0.3, -0.25) is 0 Å². The summed E-state index contributed by atoms with van der Waals surface area (Å²) in [7, 11) is 0. The third-order valence-corrected chi connectivity index (χ3v) is 2.17. The number of carbonyl (C=O) groups is 1. The Morgan fingerprint density at radius 1 is 1.33 bits per heavy atom. The van der Waals surface area contributed by atoms with Gasteiger partial charge in [0.05, 0.1) is 0 Å². The van der Waals surface area contributed by atoms with E-state index in [1.165, 1.54) is 0 Å². The molecule has 0 aliphatic heterocycles. The normalized spacial score (nSPS) is 11.9. The average Bonchev–Trinajstić information content (AvgIpc) is 2.17. The molecular weight excluding hydrogens is 270 g/mol. The second-order valence-electron chi connectivity index (χ2n) is 2.81. The van der Waals surface area contributed by atoms with Gasteiger partial charge in [-0.25, -0.2) is 4.79 Å². The molecule has 0 bridgehead atoms. The first-order valence-electron chi connectivity index (χ1n) is 3.98. The maximum absolute atomic E-state index is 12.6. The molecule has 0 aromatic heterocycles. The SMILES string of the molecule is O=C(O)C(F)(F)/C=C/c1ccc(Br)cc1. The highest BCUT2D eigenvalue weighted by atomic mass is 79.9. The maximum Gasteiger partial charge on any atom is 0.378 e. The highest BCUT2D eigenvalue weighted by Gasteiger charge is 2.35. The minimum atomic E-state index is -3.83. The van der Waals surface area contributed by atoms with Crippen LogP contribution >= 0.6 is 15.9 Å². The number of hydrogen-bond acceptors (Lipinski definition) is 1. The van der Waals surface area contributed by atoms with Gasteiger partial charge in [-0.05, 0) is 23.8 Å². The molecule has 0 saturated heterocycles. The standard InChI is InChI=1S/C10H7BrF2O2/c11-8-3-1-7(2-4-8)5-6-10(12,13)9(14)15/h1-6H,(H,14,15)/b6-5+. The van der Waals surface area contributed by atoms with E-state index < -0.39 is 11.9 Å². The summed E-state index contributed by atoms with van der Waals surface area (Å²) in [6, 6.07) is 6.55. The molecule has 0 saturated carbocycles. The molecule has 0 aliphatic rings. The van der Waals surface area contributed by atoms with Crippen LogP contribution in [-0.4, -0.2) is 17.0 Å². The van der Waals surface area contributed by atoms with Crippen molar-refractivity contribution in [3.05, 3.63) is 40.4 Å². The highest BCUT2D eigenvalue weighted by molar-refractivity contribution is 9.10. The van der Waals surface area contributed by atoms with E-state index in [1.807, 2.05) is 0 Å². The molecule has 80 valence electrons. The summed E-state index contributed by atoms with van der Waals surface area (Å²) < 4.78 is 26.1. The van der Waals surface area contributed by atoms with Crippen LogP contribution in [0, 0.1) is 0 Å². The summed E-state index contributed by atoms with van der Waals surface area (Å²) in [5.41, 5.74) is 0.513. The van der Waals surface area contributed by atoms with Crippen LogP contribution in [0.2, 0.25) is 0 Å². The number of hydrogen-bond donors (Lipinski definition) is 1. The second-order valence-corrected chi connectivity index (χ2v) is 3.73. The fourth-order valence-corrected chi connectivity index (χ4v) is 1.11. The number of alkyl halides is 2. The first kappa shape index (κ1) is 11.8. The number of rotatable bonds is 3. The van der Waals surface area contributed by atoms with Crippen LogP contribution in [0.5, 0.6) is 0 Å². The molecular formula is C10H7BrF2O2. The highest BCUT2D eigenvalue weighted by Crippen LogP contribution is 2.18. The zero-order valence-corrected chi connectivity index (χ0v) is 9.04. The zero-order chi connectivity index (χ0) is 11.5. The molecule has 0 spiro atoms. The largest absolute Gasteiger partial charge is 0.477 e. The number of carboxylic acids is 1. The Labute approximate surface area is 93.4 Å². The van der Waals surface area contributed by atoms with Gasteiger partial charge >= 0.3 is 11.9 Å². The second kappa shape index (κ2) is 4.53. The summed E-state index contributed by atoms with van der Waals surface area (Å²) in [6.45, 7) is 0. The van der Waals surface area contributed by atoms with Gasteiger partial charge < -0.3 is 5.11 Å². The molecule has 0 heterocycles. The van der Waals surface area contributed by atoms with E-state index in [0.717, 1.165) is 10.5 Å². The minimum absolute atomic E-state index is 0.360. The number of aliphatic carboxylic acids is 1. The van der Waals surface area contributed by atoms with Crippen molar-refractivity contribution in [3.63, 3.8) is 0 Å². The van der Waals surface area contributed by atoms with E-state index in [-0.39, 0.29) is 0 Å². The van der Waals surface area contributed by atoms with E-state index in [9.17, 15) is 13.6 Å². The van der Waals surface area contributed by atoms with Gasteiger partial charge in [0.1, 0.15) is 0 Å². The fourth-order valence-electron chi connectivity index (χ4n) is 0.846.